The van der Waals surface area contributed by atoms with Gasteiger partial charge in [0, 0.05) is 19.0 Å². The Bertz CT molecular complexity index is 311. The fraction of sp³-hybridized carbons (Fsp3) is 0.818. The number of carbonyl (C=O) groups is 2. The molecule has 1 heterocycles. The van der Waals surface area contributed by atoms with Gasteiger partial charge in [-0.05, 0) is 27.3 Å². The summed E-state index contributed by atoms with van der Waals surface area (Å²) in [4.78, 5) is 24.2. The van der Waals surface area contributed by atoms with E-state index in [4.69, 9.17) is 15.6 Å². The third-order valence-corrected chi connectivity index (χ3v) is 2.71. The van der Waals surface area contributed by atoms with Gasteiger partial charge in [-0.2, -0.15) is 0 Å². The Labute approximate surface area is 101 Å². The van der Waals surface area contributed by atoms with Gasteiger partial charge in [0.15, 0.2) is 0 Å². The summed E-state index contributed by atoms with van der Waals surface area (Å²) in [7, 11) is 0. The monoisotopic (exact) mass is 244 g/mol. The maximum Gasteiger partial charge on any atom is 0.410 e. The summed E-state index contributed by atoms with van der Waals surface area (Å²) in [5, 5.41) is 9.01. The predicted octanol–water partition coefficient (Wildman–Crippen LogP) is 0.513. The van der Waals surface area contributed by atoms with E-state index < -0.39 is 23.6 Å². The van der Waals surface area contributed by atoms with Crippen LogP contribution in [0.1, 0.15) is 20.8 Å². The van der Waals surface area contributed by atoms with Crippen molar-refractivity contribution in [3.63, 3.8) is 0 Å². The fourth-order valence-corrected chi connectivity index (χ4v) is 1.87. The summed E-state index contributed by atoms with van der Waals surface area (Å²) in [6.45, 7) is 6.10. The molecule has 1 rings (SSSR count). The van der Waals surface area contributed by atoms with Crippen molar-refractivity contribution in [2.24, 2.45) is 17.6 Å². The Morgan fingerprint density at radius 1 is 1.41 bits per heavy atom. The molecule has 0 saturated carbocycles. The van der Waals surface area contributed by atoms with E-state index in [0.29, 0.717) is 6.54 Å². The van der Waals surface area contributed by atoms with Crippen LogP contribution in [0.4, 0.5) is 4.79 Å². The largest absolute Gasteiger partial charge is 0.481 e. The highest BCUT2D eigenvalue weighted by molar-refractivity contribution is 5.74. The van der Waals surface area contributed by atoms with Gasteiger partial charge in [0.1, 0.15) is 5.60 Å². The minimum Gasteiger partial charge on any atom is -0.481 e. The Balaban J connectivity index is 2.64. The highest BCUT2D eigenvalue weighted by atomic mass is 16.6. The van der Waals surface area contributed by atoms with Gasteiger partial charge < -0.3 is 20.5 Å². The van der Waals surface area contributed by atoms with Gasteiger partial charge in [-0.25, -0.2) is 4.79 Å². The number of carboxylic acid groups (broad SMARTS) is 1. The molecule has 0 bridgehead atoms. The first-order valence-electron chi connectivity index (χ1n) is 5.65. The highest BCUT2D eigenvalue weighted by Gasteiger charge is 2.40. The van der Waals surface area contributed by atoms with Crippen molar-refractivity contribution in [3.8, 4) is 0 Å². The number of rotatable bonds is 2. The van der Waals surface area contributed by atoms with Crippen molar-refractivity contribution in [3.05, 3.63) is 0 Å². The van der Waals surface area contributed by atoms with Gasteiger partial charge in [-0.1, -0.05) is 0 Å². The summed E-state index contributed by atoms with van der Waals surface area (Å²) in [5.74, 6) is -1.70. The van der Waals surface area contributed by atoms with E-state index in [9.17, 15) is 9.59 Å². The zero-order valence-corrected chi connectivity index (χ0v) is 10.5. The molecule has 2 atom stereocenters. The van der Waals surface area contributed by atoms with Crippen molar-refractivity contribution in [2.45, 2.75) is 26.4 Å². The lowest BCUT2D eigenvalue weighted by atomic mass is 9.97. The Hall–Kier alpha value is -1.30. The van der Waals surface area contributed by atoms with Crippen molar-refractivity contribution in [1.29, 1.82) is 0 Å². The third-order valence-electron chi connectivity index (χ3n) is 2.71. The van der Waals surface area contributed by atoms with E-state index in [-0.39, 0.29) is 19.0 Å². The molecular weight excluding hydrogens is 224 g/mol. The number of ether oxygens (including phenoxy) is 1. The van der Waals surface area contributed by atoms with E-state index in [2.05, 4.69) is 0 Å². The second kappa shape index (κ2) is 4.91. The number of likely N-dealkylation sites (tertiary alicyclic amines) is 1. The number of aliphatic carboxylic acids is 1. The molecular formula is C11H20N2O4. The second-order valence-electron chi connectivity index (χ2n) is 5.33. The third kappa shape index (κ3) is 3.59. The lowest BCUT2D eigenvalue weighted by molar-refractivity contribution is -0.142. The molecule has 0 unspecified atom stereocenters. The Morgan fingerprint density at radius 2 is 2.00 bits per heavy atom. The first-order chi connectivity index (χ1) is 7.74. The number of hydrogen-bond acceptors (Lipinski definition) is 4. The molecule has 1 aliphatic heterocycles. The lowest BCUT2D eigenvalue weighted by Gasteiger charge is -2.24. The molecule has 3 N–H and O–H groups in total. The van der Waals surface area contributed by atoms with Crippen LogP contribution in [0.25, 0.3) is 0 Å². The van der Waals surface area contributed by atoms with Gasteiger partial charge in [0.2, 0.25) is 0 Å². The molecule has 1 fully saturated rings. The van der Waals surface area contributed by atoms with Gasteiger partial charge in [0.25, 0.3) is 0 Å². The van der Waals surface area contributed by atoms with Gasteiger partial charge in [0.05, 0.1) is 5.92 Å². The zero-order chi connectivity index (χ0) is 13.2. The molecule has 0 radical (unpaired) electrons. The van der Waals surface area contributed by atoms with Crippen LogP contribution in [0.3, 0.4) is 0 Å². The molecule has 6 heteroatoms. The van der Waals surface area contributed by atoms with Gasteiger partial charge >= 0.3 is 12.1 Å². The number of nitrogens with two attached hydrogens (primary N) is 1. The van der Waals surface area contributed by atoms with Crippen LogP contribution in [0.15, 0.2) is 0 Å². The maximum absolute atomic E-state index is 11.8. The van der Waals surface area contributed by atoms with Gasteiger partial charge in [-0.15, -0.1) is 0 Å². The molecule has 0 aromatic rings. The van der Waals surface area contributed by atoms with Crippen molar-refractivity contribution in [2.75, 3.05) is 19.6 Å². The number of amides is 1. The number of hydrogen-bond donors (Lipinski definition) is 2. The standard InChI is InChI=1S/C11H20N2O4/c1-11(2,3)17-10(16)13-5-7(4-12)8(6-13)9(14)15/h7-8H,4-6,12H2,1-3H3,(H,14,15)/t7-,8+/m0/s1. The van der Waals surface area contributed by atoms with Crippen LogP contribution in [0.5, 0.6) is 0 Å². The fourth-order valence-electron chi connectivity index (χ4n) is 1.87. The molecule has 1 saturated heterocycles. The molecule has 0 spiro atoms. The number of nitrogens with zero attached hydrogens (tertiary/aromatic N) is 1. The minimum absolute atomic E-state index is 0.173. The van der Waals surface area contributed by atoms with Crippen molar-refractivity contribution < 1.29 is 19.4 Å². The first-order valence-corrected chi connectivity index (χ1v) is 5.65. The molecule has 0 aliphatic carbocycles. The molecule has 17 heavy (non-hydrogen) atoms. The molecule has 1 aliphatic rings. The smallest absolute Gasteiger partial charge is 0.410 e. The topological polar surface area (TPSA) is 92.9 Å². The normalized spacial score (nSPS) is 24.8. The average Bonchev–Trinajstić information content (AvgIpc) is 2.58. The summed E-state index contributed by atoms with van der Waals surface area (Å²) < 4.78 is 5.20. The van der Waals surface area contributed by atoms with E-state index in [1.807, 2.05) is 0 Å². The molecule has 0 aromatic carbocycles. The summed E-state index contributed by atoms with van der Waals surface area (Å²) in [6, 6.07) is 0. The summed E-state index contributed by atoms with van der Waals surface area (Å²) in [6.07, 6.45) is -0.472. The predicted molar refractivity (Wildman–Crippen MR) is 61.5 cm³/mol. The zero-order valence-electron chi connectivity index (χ0n) is 10.5. The summed E-state index contributed by atoms with van der Waals surface area (Å²) in [5.41, 5.74) is 4.94. The SMILES string of the molecule is CC(C)(C)OC(=O)N1C[C@H](CN)[C@H](C(=O)O)C1. The van der Waals surface area contributed by atoms with Crippen LogP contribution in [0.2, 0.25) is 0 Å². The summed E-state index contributed by atoms with van der Waals surface area (Å²) >= 11 is 0. The van der Waals surface area contributed by atoms with Crippen LogP contribution >= 0.6 is 0 Å². The first kappa shape index (κ1) is 13.8. The van der Waals surface area contributed by atoms with E-state index in [1.165, 1.54) is 4.90 Å². The Kier molecular flexibility index (Phi) is 3.98. The maximum atomic E-state index is 11.8. The molecule has 98 valence electrons. The molecule has 0 aromatic heterocycles. The molecule has 1 amide bonds. The van der Waals surface area contributed by atoms with Crippen molar-refractivity contribution in [1.82, 2.24) is 4.90 Å². The van der Waals surface area contributed by atoms with Crippen molar-refractivity contribution >= 4 is 12.1 Å². The highest BCUT2D eigenvalue weighted by Crippen LogP contribution is 2.24. The van der Waals surface area contributed by atoms with Crippen LogP contribution in [-0.4, -0.2) is 47.3 Å². The van der Waals surface area contributed by atoms with Crippen LogP contribution < -0.4 is 5.73 Å². The number of carboxylic acids is 1. The van der Waals surface area contributed by atoms with Crippen LogP contribution in [0, 0.1) is 11.8 Å². The molecule has 6 nitrogen and oxygen atoms in total. The van der Waals surface area contributed by atoms with E-state index in [0.717, 1.165) is 0 Å². The number of carbonyl (C=O) groups excluding carboxylic acids is 1. The Morgan fingerprint density at radius 3 is 2.35 bits per heavy atom. The average molecular weight is 244 g/mol. The lowest BCUT2D eigenvalue weighted by Crippen LogP contribution is -2.36. The van der Waals surface area contributed by atoms with E-state index >= 15 is 0 Å². The minimum atomic E-state index is -0.911. The van der Waals surface area contributed by atoms with E-state index in [1.54, 1.807) is 20.8 Å². The van der Waals surface area contributed by atoms with Crippen LogP contribution in [-0.2, 0) is 9.53 Å². The quantitative estimate of drug-likeness (QED) is 0.738. The van der Waals surface area contributed by atoms with Gasteiger partial charge in [-0.3, -0.25) is 4.79 Å². The second-order valence-corrected chi connectivity index (χ2v) is 5.33.